The lowest BCUT2D eigenvalue weighted by Gasteiger charge is -2.38. The maximum atomic E-state index is 13.1. The van der Waals surface area contributed by atoms with E-state index in [-0.39, 0.29) is 24.0 Å². The van der Waals surface area contributed by atoms with Crippen LogP contribution >= 0.6 is 0 Å². The molecule has 122 valence electrons. The van der Waals surface area contributed by atoms with E-state index >= 15 is 0 Å². The molecule has 5 nitrogen and oxygen atoms in total. The summed E-state index contributed by atoms with van der Waals surface area (Å²) in [6, 6.07) is 9.87. The highest BCUT2D eigenvalue weighted by molar-refractivity contribution is 5.93. The van der Waals surface area contributed by atoms with Gasteiger partial charge in [-0.15, -0.1) is 0 Å². The molecule has 1 saturated heterocycles. The molecule has 2 aromatic rings. The van der Waals surface area contributed by atoms with Gasteiger partial charge in [0.1, 0.15) is 5.76 Å². The van der Waals surface area contributed by atoms with E-state index < -0.39 is 0 Å². The lowest BCUT2D eigenvalue weighted by atomic mass is 10.0. The summed E-state index contributed by atoms with van der Waals surface area (Å²) in [4.78, 5) is 19.1. The topological polar surface area (TPSA) is 55.6 Å². The molecule has 0 bridgehead atoms. The van der Waals surface area contributed by atoms with Crippen molar-refractivity contribution >= 4 is 5.91 Å². The SMILES string of the molecule is CC(C)c1ocnc1C(=O)N1C[C@H](C)OC[C@@H]1c1ccccc1. The molecule has 1 aliphatic rings. The highest BCUT2D eigenvalue weighted by Gasteiger charge is 2.34. The molecule has 0 aliphatic carbocycles. The number of morpholine rings is 1. The van der Waals surface area contributed by atoms with Gasteiger partial charge in [0.25, 0.3) is 5.91 Å². The van der Waals surface area contributed by atoms with Crippen molar-refractivity contribution in [2.45, 2.75) is 38.8 Å². The van der Waals surface area contributed by atoms with Crippen molar-refractivity contribution in [1.29, 1.82) is 0 Å². The third kappa shape index (κ3) is 3.15. The molecule has 0 saturated carbocycles. The number of hydrogen-bond donors (Lipinski definition) is 0. The molecule has 0 unspecified atom stereocenters. The molecule has 1 aliphatic heterocycles. The lowest BCUT2D eigenvalue weighted by Crippen LogP contribution is -2.47. The predicted octanol–water partition coefficient (Wildman–Crippen LogP) is 3.40. The zero-order valence-electron chi connectivity index (χ0n) is 13.7. The van der Waals surface area contributed by atoms with Crippen molar-refractivity contribution in [2.75, 3.05) is 13.2 Å². The van der Waals surface area contributed by atoms with E-state index in [1.807, 2.05) is 56.0 Å². The highest BCUT2D eigenvalue weighted by Crippen LogP contribution is 2.29. The fourth-order valence-electron chi connectivity index (χ4n) is 2.94. The first-order valence-corrected chi connectivity index (χ1v) is 7.98. The third-order valence-corrected chi connectivity index (χ3v) is 4.14. The van der Waals surface area contributed by atoms with Gasteiger partial charge in [-0.3, -0.25) is 4.79 Å². The second kappa shape index (κ2) is 6.54. The van der Waals surface area contributed by atoms with Gasteiger partial charge in [-0.25, -0.2) is 4.98 Å². The lowest BCUT2D eigenvalue weighted by molar-refractivity contribution is -0.0450. The molecule has 2 atom stereocenters. The molecule has 5 heteroatoms. The molecule has 1 fully saturated rings. The number of aromatic nitrogens is 1. The molecule has 3 rings (SSSR count). The summed E-state index contributed by atoms with van der Waals surface area (Å²) in [7, 11) is 0. The first-order valence-electron chi connectivity index (χ1n) is 7.98. The monoisotopic (exact) mass is 314 g/mol. The highest BCUT2D eigenvalue weighted by atomic mass is 16.5. The standard InChI is InChI=1S/C18H22N2O3/c1-12(2)17-16(19-11-23-17)18(21)20-9-13(3)22-10-15(20)14-7-5-4-6-8-14/h4-8,11-13,15H,9-10H2,1-3H3/t13-,15+/m0/s1. The maximum absolute atomic E-state index is 13.1. The number of amides is 1. The zero-order chi connectivity index (χ0) is 16.4. The fraction of sp³-hybridized carbons (Fsp3) is 0.444. The average Bonchev–Trinajstić information content (AvgIpc) is 3.05. The molecule has 0 spiro atoms. The van der Waals surface area contributed by atoms with Crippen molar-refractivity contribution in [3.63, 3.8) is 0 Å². The number of benzene rings is 1. The van der Waals surface area contributed by atoms with E-state index in [1.54, 1.807) is 0 Å². The molecule has 1 aromatic heterocycles. The Morgan fingerprint density at radius 3 is 2.74 bits per heavy atom. The molecule has 0 N–H and O–H groups in total. The molecule has 0 radical (unpaired) electrons. The first-order chi connectivity index (χ1) is 11.1. The van der Waals surface area contributed by atoms with Crippen molar-refractivity contribution in [1.82, 2.24) is 9.88 Å². The Hall–Kier alpha value is -2.14. The second-order valence-corrected chi connectivity index (χ2v) is 6.25. The molecular formula is C18H22N2O3. The fourth-order valence-corrected chi connectivity index (χ4v) is 2.94. The van der Waals surface area contributed by atoms with Crippen LogP contribution in [0, 0.1) is 0 Å². The predicted molar refractivity (Wildman–Crippen MR) is 86.2 cm³/mol. The van der Waals surface area contributed by atoms with Crippen LogP contribution in [0.4, 0.5) is 0 Å². The minimum Gasteiger partial charge on any atom is -0.447 e. The van der Waals surface area contributed by atoms with Gasteiger partial charge in [-0.2, -0.15) is 0 Å². The minimum atomic E-state index is -0.100. The Balaban J connectivity index is 1.93. The number of oxazole rings is 1. The van der Waals surface area contributed by atoms with Crippen LogP contribution in [-0.2, 0) is 4.74 Å². The Bertz CT molecular complexity index is 666. The number of carbonyl (C=O) groups excluding carboxylic acids is 1. The van der Waals surface area contributed by atoms with Gasteiger partial charge in [0.05, 0.1) is 18.8 Å². The Labute approximate surface area is 136 Å². The third-order valence-electron chi connectivity index (χ3n) is 4.14. The molecule has 2 heterocycles. The van der Waals surface area contributed by atoms with Crippen molar-refractivity contribution in [3.05, 3.63) is 53.7 Å². The summed E-state index contributed by atoms with van der Waals surface area (Å²) in [5, 5.41) is 0. The van der Waals surface area contributed by atoms with Crippen LogP contribution in [0.3, 0.4) is 0 Å². The molecule has 23 heavy (non-hydrogen) atoms. The van der Waals surface area contributed by atoms with E-state index in [2.05, 4.69) is 4.98 Å². The van der Waals surface area contributed by atoms with Gasteiger partial charge in [0.2, 0.25) is 0 Å². The summed E-state index contributed by atoms with van der Waals surface area (Å²) in [5.41, 5.74) is 1.48. The van der Waals surface area contributed by atoms with Crippen LogP contribution in [0.1, 0.15) is 54.5 Å². The van der Waals surface area contributed by atoms with Gasteiger partial charge >= 0.3 is 0 Å². The van der Waals surface area contributed by atoms with E-state index in [4.69, 9.17) is 9.15 Å². The smallest absolute Gasteiger partial charge is 0.276 e. The number of carbonyl (C=O) groups is 1. The van der Waals surface area contributed by atoms with Crippen molar-refractivity contribution in [2.24, 2.45) is 0 Å². The van der Waals surface area contributed by atoms with Crippen LogP contribution in [0.5, 0.6) is 0 Å². The number of ether oxygens (including phenoxy) is 1. The molecule has 1 amide bonds. The van der Waals surface area contributed by atoms with Gasteiger partial charge < -0.3 is 14.1 Å². The summed E-state index contributed by atoms with van der Waals surface area (Å²) in [5.74, 6) is 0.664. The van der Waals surface area contributed by atoms with E-state index in [0.717, 1.165) is 5.56 Å². The number of hydrogen-bond acceptors (Lipinski definition) is 4. The molecule has 1 aromatic carbocycles. The van der Waals surface area contributed by atoms with Crippen LogP contribution in [-0.4, -0.2) is 35.0 Å². The normalized spacial score (nSPS) is 21.7. The summed E-state index contributed by atoms with van der Waals surface area (Å²) >= 11 is 0. The van der Waals surface area contributed by atoms with E-state index in [9.17, 15) is 4.79 Å². The van der Waals surface area contributed by atoms with Crippen LogP contribution < -0.4 is 0 Å². The second-order valence-electron chi connectivity index (χ2n) is 6.25. The summed E-state index contributed by atoms with van der Waals surface area (Å²) in [6.07, 6.45) is 1.36. The molecular weight excluding hydrogens is 292 g/mol. The summed E-state index contributed by atoms with van der Waals surface area (Å²) < 4.78 is 11.2. The van der Waals surface area contributed by atoms with E-state index in [1.165, 1.54) is 6.39 Å². The van der Waals surface area contributed by atoms with Crippen LogP contribution in [0.25, 0.3) is 0 Å². The Morgan fingerprint density at radius 2 is 2.04 bits per heavy atom. The summed E-state index contributed by atoms with van der Waals surface area (Å²) in [6.45, 7) is 7.00. The van der Waals surface area contributed by atoms with E-state index in [0.29, 0.717) is 24.6 Å². The van der Waals surface area contributed by atoms with Gasteiger partial charge in [-0.1, -0.05) is 44.2 Å². The maximum Gasteiger partial charge on any atom is 0.276 e. The minimum absolute atomic E-state index is 0.00770. The van der Waals surface area contributed by atoms with Crippen LogP contribution in [0.2, 0.25) is 0 Å². The average molecular weight is 314 g/mol. The van der Waals surface area contributed by atoms with Crippen molar-refractivity contribution in [3.8, 4) is 0 Å². The Kier molecular flexibility index (Phi) is 4.48. The first kappa shape index (κ1) is 15.7. The number of rotatable bonds is 3. The number of nitrogens with zero attached hydrogens (tertiary/aromatic N) is 2. The Morgan fingerprint density at radius 1 is 1.30 bits per heavy atom. The van der Waals surface area contributed by atoms with Crippen LogP contribution in [0.15, 0.2) is 41.1 Å². The quantitative estimate of drug-likeness (QED) is 0.871. The van der Waals surface area contributed by atoms with Crippen molar-refractivity contribution < 1.29 is 13.9 Å². The van der Waals surface area contributed by atoms with Gasteiger partial charge in [-0.05, 0) is 12.5 Å². The van der Waals surface area contributed by atoms with Gasteiger partial charge in [0, 0.05) is 12.5 Å². The zero-order valence-corrected chi connectivity index (χ0v) is 13.7. The van der Waals surface area contributed by atoms with Gasteiger partial charge in [0.15, 0.2) is 12.1 Å². The largest absolute Gasteiger partial charge is 0.447 e.